The molecule has 2 amide bonds. The van der Waals surface area contributed by atoms with Gasteiger partial charge in [0.05, 0.1) is 43.2 Å². The summed E-state index contributed by atoms with van der Waals surface area (Å²) in [5, 5.41) is 3.36. The van der Waals surface area contributed by atoms with Crippen LogP contribution in [0.15, 0.2) is 54.6 Å². The van der Waals surface area contributed by atoms with Gasteiger partial charge in [-0.1, -0.05) is 62.2 Å². The number of carbonyl (C=O) groups is 3. The van der Waals surface area contributed by atoms with Gasteiger partial charge in [-0.25, -0.2) is 9.18 Å². The third-order valence-corrected chi connectivity index (χ3v) is 9.51. The molecule has 2 fully saturated rings. The van der Waals surface area contributed by atoms with Crippen LogP contribution < -0.4 is 15.0 Å². The minimum Gasteiger partial charge on any atom is -0.495 e. The molecule has 1 N–H and O–H groups in total. The summed E-state index contributed by atoms with van der Waals surface area (Å²) in [6.07, 6.45) is 0.511. The highest BCUT2D eigenvalue weighted by molar-refractivity contribution is 6.31. The van der Waals surface area contributed by atoms with Crippen molar-refractivity contribution < 1.29 is 28.2 Å². The van der Waals surface area contributed by atoms with Crippen molar-refractivity contribution in [3.63, 3.8) is 0 Å². The van der Waals surface area contributed by atoms with Gasteiger partial charge in [0.25, 0.3) is 0 Å². The number of hydrogen-bond donors (Lipinski definition) is 1. The van der Waals surface area contributed by atoms with Gasteiger partial charge in [0, 0.05) is 22.7 Å². The Bertz CT molecular complexity index is 1710. The summed E-state index contributed by atoms with van der Waals surface area (Å²) in [5.74, 6) is -2.50. The van der Waals surface area contributed by atoms with Gasteiger partial charge in [-0.15, -0.1) is 0 Å². The molecule has 8 nitrogen and oxygen atoms in total. The number of anilines is 2. The molecule has 230 valence electrons. The molecule has 0 bridgehead atoms. The third-order valence-electron chi connectivity index (χ3n) is 8.98. The van der Waals surface area contributed by atoms with Crippen LogP contribution in [0.25, 0.3) is 0 Å². The van der Waals surface area contributed by atoms with Gasteiger partial charge in [-0.3, -0.25) is 19.4 Å². The Labute approximate surface area is 265 Å². The van der Waals surface area contributed by atoms with E-state index in [-0.39, 0.29) is 40.0 Å². The number of benzene rings is 3. The molecule has 4 unspecified atom stereocenters. The molecule has 0 aromatic heterocycles. The number of nitrogens with zero attached hydrogens (tertiary/aromatic N) is 2. The van der Waals surface area contributed by atoms with Crippen LogP contribution in [0, 0.1) is 11.2 Å². The van der Waals surface area contributed by atoms with E-state index in [0.717, 1.165) is 0 Å². The zero-order valence-corrected chi connectivity index (χ0v) is 26.4. The third kappa shape index (κ3) is 4.47. The topological polar surface area (TPSA) is 88.2 Å². The predicted octanol–water partition coefficient (Wildman–Crippen LogP) is 6.39. The summed E-state index contributed by atoms with van der Waals surface area (Å²) < 4.78 is 26.6. The van der Waals surface area contributed by atoms with Crippen molar-refractivity contribution in [3.8, 4) is 5.75 Å². The molecule has 0 aliphatic carbocycles. The Morgan fingerprint density at radius 2 is 1.84 bits per heavy atom. The van der Waals surface area contributed by atoms with Gasteiger partial charge < -0.3 is 14.8 Å². The highest BCUT2D eigenvalue weighted by Gasteiger charge is 2.71. The monoisotopic (exact) mass is 639 g/mol. The van der Waals surface area contributed by atoms with Gasteiger partial charge in [-0.2, -0.15) is 0 Å². The Balaban J connectivity index is 1.58. The van der Waals surface area contributed by atoms with Crippen LogP contribution in [0.3, 0.4) is 0 Å². The second kappa shape index (κ2) is 10.8. The van der Waals surface area contributed by atoms with Crippen LogP contribution in [0.4, 0.5) is 15.8 Å². The summed E-state index contributed by atoms with van der Waals surface area (Å²) in [4.78, 5) is 44.9. The summed E-state index contributed by atoms with van der Waals surface area (Å²) in [5.41, 5.74) is 0.488. The zero-order chi connectivity index (χ0) is 31.7. The van der Waals surface area contributed by atoms with Crippen LogP contribution in [0.5, 0.6) is 5.75 Å². The lowest BCUT2D eigenvalue weighted by Gasteiger charge is -2.40. The number of amides is 2. The van der Waals surface area contributed by atoms with Crippen molar-refractivity contribution >= 4 is 52.4 Å². The Morgan fingerprint density at radius 1 is 1.09 bits per heavy atom. The maximum absolute atomic E-state index is 16.1. The molecule has 11 heteroatoms. The smallest absolute Gasteiger partial charge is 0.337 e. The van der Waals surface area contributed by atoms with E-state index >= 15 is 4.39 Å². The van der Waals surface area contributed by atoms with E-state index in [0.29, 0.717) is 34.1 Å². The van der Waals surface area contributed by atoms with E-state index in [4.69, 9.17) is 32.7 Å². The first kappa shape index (κ1) is 30.4. The number of ether oxygens (including phenoxy) is 2. The van der Waals surface area contributed by atoms with Gasteiger partial charge in [0.2, 0.25) is 11.8 Å². The number of methoxy groups -OCH3 is 2. The fourth-order valence-corrected chi connectivity index (χ4v) is 7.66. The number of fused-ring (bicyclic) bond motifs is 3. The standard InChI is InChI=1S/C33H32Cl2FN3O5/c1-32(2,3)15-25-33(20-11-10-18(34)14-22(20)37-31(33)42)26(19-7-6-8-21(35)27(19)36)28-29(40)38(16-39(25)28)23-12-9-17(30(41)44-5)13-24(23)43-4/h6-14,25-26,28H,15-16H2,1-5H3,(H,37,42). The Hall–Kier alpha value is -3.66. The molecule has 3 aromatic rings. The lowest BCUT2D eigenvalue weighted by atomic mass is 9.62. The van der Waals surface area contributed by atoms with Crippen molar-refractivity contribution in [1.82, 2.24) is 4.90 Å². The van der Waals surface area contributed by atoms with E-state index in [9.17, 15) is 14.4 Å². The normalized spacial score (nSPS) is 24.5. The summed E-state index contributed by atoms with van der Waals surface area (Å²) in [6.45, 7) is 6.32. The summed E-state index contributed by atoms with van der Waals surface area (Å²) in [6, 6.07) is 13.2. The first-order valence-corrected chi connectivity index (χ1v) is 15.0. The average molecular weight is 641 g/mol. The first-order chi connectivity index (χ1) is 20.8. The largest absolute Gasteiger partial charge is 0.495 e. The van der Waals surface area contributed by atoms with Crippen molar-refractivity contribution in [1.29, 1.82) is 0 Å². The maximum Gasteiger partial charge on any atom is 0.337 e. The quantitative estimate of drug-likeness (QED) is 0.325. The molecular formula is C33H32Cl2FN3O5. The van der Waals surface area contributed by atoms with Crippen molar-refractivity contribution in [2.75, 3.05) is 31.1 Å². The zero-order valence-electron chi connectivity index (χ0n) is 24.9. The second-order valence-electron chi connectivity index (χ2n) is 12.7. The van der Waals surface area contributed by atoms with E-state index in [1.165, 1.54) is 26.4 Å². The average Bonchev–Trinajstić information content (AvgIpc) is 3.56. The molecular weight excluding hydrogens is 608 g/mol. The van der Waals surface area contributed by atoms with E-state index in [1.807, 2.05) is 4.90 Å². The molecule has 44 heavy (non-hydrogen) atoms. The molecule has 0 saturated carbocycles. The number of halogens is 3. The van der Waals surface area contributed by atoms with Crippen LogP contribution >= 0.6 is 23.2 Å². The van der Waals surface area contributed by atoms with Gasteiger partial charge in [0.1, 0.15) is 17.0 Å². The number of rotatable bonds is 5. The SMILES string of the molecule is COC(=O)c1ccc(N2CN3C(C2=O)C(c2cccc(Cl)c2F)C2(C(=O)Nc4cc(Cl)ccc42)C3CC(C)(C)C)c(OC)c1. The molecule has 3 aliphatic heterocycles. The predicted molar refractivity (Wildman–Crippen MR) is 166 cm³/mol. The maximum atomic E-state index is 16.1. The number of esters is 1. The Morgan fingerprint density at radius 3 is 2.52 bits per heavy atom. The number of carbonyl (C=O) groups excluding carboxylic acids is 3. The molecule has 0 radical (unpaired) electrons. The van der Waals surface area contributed by atoms with Crippen LogP contribution in [0.2, 0.25) is 10.0 Å². The molecule has 1 spiro atoms. The van der Waals surface area contributed by atoms with Crippen LogP contribution in [-0.4, -0.2) is 55.7 Å². The van der Waals surface area contributed by atoms with Gasteiger partial charge in [0.15, 0.2) is 0 Å². The summed E-state index contributed by atoms with van der Waals surface area (Å²) >= 11 is 12.7. The highest BCUT2D eigenvalue weighted by Crippen LogP contribution is 2.62. The van der Waals surface area contributed by atoms with Gasteiger partial charge >= 0.3 is 5.97 Å². The molecule has 3 aromatic carbocycles. The fraction of sp³-hybridized carbons (Fsp3) is 0.364. The van der Waals surface area contributed by atoms with E-state index in [1.54, 1.807) is 47.4 Å². The van der Waals surface area contributed by atoms with Crippen LogP contribution in [-0.2, 0) is 19.7 Å². The summed E-state index contributed by atoms with van der Waals surface area (Å²) in [7, 11) is 2.74. The molecule has 2 saturated heterocycles. The van der Waals surface area contributed by atoms with E-state index in [2.05, 4.69) is 26.1 Å². The second-order valence-corrected chi connectivity index (χ2v) is 13.5. The fourth-order valence-electron chi connectivity index (χ4n) is 7.31. The van der Waals surface area contributed by atoms with E-state index < -0.39 is 35.2 Å². The lowest BCUT2D eigenvalue weighted by Crippen LogP contribution is -2.52. The number of nitrogens with one attached hydrogen (secondary N) is 1. The highest BCUT2D eigenvalue weighted by atomic mass is 35.5. The van der Waals surface area contributed by atoms with Gasteiger partial charge in [-0.05, 0) is 59.4 Å². The Kier molecular flexibility index (Phi) is 7.42. The first-order valence-electron chi connectivity index (χ1n) is 14.2. The van der Waals surface area contributed by atoms with Crippen molar-refractivity contribution in [3.05, 3.63) is 87.2 Å². The minimum absolute atomic E-state index is 0.0967. The molecule has 3 heterocycles. The number of hydrogen-bond acceptors (Lipinski definition) is 6. The molecule has 3 aliphatic rings. The lowest BCUT2D eigenvalue weighted by molar-refractivity contribution is -0.122. The van der Waals surface area contributed by atoms with Crippen molar-refractivity contribution in [2.24, 2.45) is 5.41 Å². The van der Waals surface area contributed by atoms with Crippen LogP contribution in [0.1, 0.15) is 54.6 Å². The minimum atomic E-state index is -1.33. The van der Waals surface area contributed by atoms with Crippen molar-refractivity contribution in [2.45, 2.75) is 50.6 Å². The molecule has 6 rings (SSSR count). The molecule has 4 atom stereocenters.